The summed E-state index contributed by atoms with van der Waals surface area (Å²) in [6.07, 6.45) is 2.49. The fourth-order valence-electron chi connectivity index (χ4n) is 2.01. The molecule has 1 aromatic carbocycles. The summed E-state index contributed by atoms with van der Waals surface area (Å²) in [4.78, 5) is 11.8. The summed E-state index contributed by atoms with van der Waals surface area (Å²) < 4.78 is 10.7. The number of carbonyl (C=O) groups is 1. The Bertz CT molecular complexity index is 463. The van der Waals surface area contributed by atoms with E-state index >= 15 is 0 Å². The summed E-state index contributed by atoms with van der Waals surface area (Å²) in [7, 11) is 0. The van der Waals surface area contributed by atoms with Crippen LogP contribution in [-0.4, -0.2) is 18.7 Å². The standard InChI is InChI=1S/C14H16O3/c1-4-10-8-12-9(3)6-7-11(13(12)17-10)14(15)16-5-2/h4,6-7,10H,1,5,8H2,2-3H3. The second-order valence-corrected chi connectivity index (χ2v) is 4.05. The SMILES string of the molecule is C=CC1Cc2c(C)ccc(C(=O)OCC)c2O1. The first-order valence-corrected chi connectivity index (χ1v) is 5.76. The highest BCUT2D eigenvalue weighted by atomic mass is 16.5. The monoisotopic (exact) mass is 232 g/mol. The van der Waals surface area contributed by atoms with Crippen LogP contribution in [0.4, 0.5) is 0 Å². The van der Waals surface area contributed by atoms with Gasteiger partial charge in [-0.3, -0.25) is 0 Å². The Labute approximate surface area is 101 Å². The van der Waals surface area contributed by atoms with Crippen LogP contribution in [-0.2, 0) is 11.2 Å². The zero-order valence-electron chi connectivity index (χ0n) is 10.2. The molecule has 1 heterocycles. The van der Waals surface area contributed by atoms with Crippen molar-refractivity contribution >= 4 is 5.97 Å². The van der Waals surface area contributed by atoms with Crippen LogP contribution in [0.5, 0.6) is 5.75 Å². The van der Waals surface area contributed by atoms with Crippen LogP contribution in [0.3, 0.4) is 0 Å². The highest BCUT2D eigenvalue weighted by Crippen LogP contribution is 2.35. The molecule has 0 radical (unpaired) electrons. The van der Waals surface area contributed by atoms with Gasteiger partial charge in [0.1, 0.15) is 17.4 Å². The molecule has 0 N–H and O–H groups in total. The van der Waals surface area contributed by atoms with Crippen molar-refractivity contribution in [1.82, 2.24) is 0 Å². The van der Waals surface area contributed by atoms with Crippen LogP contribution in [0.25, 0.3) is 0 Å². The summed E-state index contributed by atoms with van der Waals surface area (Å²) >= 11 is 0. The van der Waals surface area contributed by atoms with E-state index in [0.717, 1.165) is 17.5 Å². The largest absolute Gasteiger partial charge is 0.485 e. The van der Waals surface area contributed by atoms with Crippen LogP contribution in [0.2, 0.25) is 0 Å². The molecule has 0 spiro atoms. The Morgan fingerprint density at radius 3 is 3.06 bits per heavy atom. The van der Waals surface area contributed by atoms with Crippen molar-refractivity contribution in [1.29, 1.82) is 0 Å². The van der Waals surface area contributed by atoms with E-state index < -0.39 is 0 Å². The first-order valence-electron chi connectivity index (χ1n) is 5.76. The maximum atomic E-state index is 11.8. The van der Waals surface area contributed by atoms with Gasteiger partial charge in [0.15, 0.2) is 0 Å². The predicted octanol–water partition coefficient (Wildman–Crippen LogP) is 2.66. The molecular formula is C14H16O3. The number of hydrogen-bond donors (Lipinski definition) is 0. The van der Waals surface area contributed by atoms with Gasteiger partial charge >= 0.3 is 5.97 Å². The summed E-state index contributed by atoms with van der Waals surface area (Å²) in [5.41, 5.74) is 2.73. The lowest BCUT2D eigenvalue weighted by atomic mass is 10.0. The molecule has 1 aromatic rings. The van der Waals surface area contributed by atoms with Gasteiger partial charge in [-0.05, 0) is 25.5 Å². The van der Waals surface area contributed by atoms with Crippen LogP contribution < -0.4 is 4.74 Å². The number of fused-ring (bicyclic) bond motifs is 1. The van der Waals surface area contributed by atoms with Gasteiger partial charge in [-0.25, -0.2) is 4.79 Å². The molecule has 0 saturated heterocycles. The first kappa shape index (κ1) is 11.7. The Hall–Kier alpha value is -1.77. The molecule has 1 atom stereocenters. The van der Waals surface area contributed by atoms with Crippen molar-refractivity contribution in [2.45, 2.75) is 26.4 Å². The minimum absolute atomic E-state index is 0.0423. The van der Waals surface area contributed by atoms with E-state index in [1.165, 1.54) is 0 Å². The number of esters is 1. The van der Waals surface area contributed by atoms with Crippen molar-refractivity contribution < 1.29 is 14.3 Å². The topological polar surface area (TPSA) is 35.5 Å². The molecule has 90 valence electrons. The van der Waals surface area contributed by atoms with Gasteiger partial charge in [0, 0.05) is 12.0 Å². The number of rotatable bonds is 3. The molecule has 0 aliphatic carbocycles. The summed E-state index contributed by atoms with van der Waals surface area (Å²) in [6, 6.07) is 3.69. The molecule has 1 unspecified atom stereocenters. The highest BCUT2D eigenvalue weighted by molar-refractivity contribution is 5.93. The average Bonchev–Trinajstić information content (AvgIpc) is 2.74. The lowest BCUT2D eigenvalue weighted by molar-refractivity contribution is 0.0522. The quantitative estimate of drug-likeness (QED) is 0.593. The Morgan fingerprint density at radius 2 is 2.41 bits per heavy atom. The van der Waals surface area contributed by atoms with Gasteiger partial charge in [0.05, 0.1) is 6.61 Å². The average molecular weight is 232 g/mol. The van der Waals surface area contributed by atoms with Crippen LogP contribution in [0.1, 0.15) is 28.4 Å². The second-order valence-electron chi connectivity index (χ2n) is 4.05. The number of aryl methyl sites for hydroxylation is 1. The van der Waals surface area contributed by atoms with E-state index in [2.05, 4.69) is 6.58 Å². The number of hydrogen-bond acceptors (Lipinski definition) is 3. The molecule has 0 fully saturated rings. The molecule has 3 nitrogen and oxygen atoms in total. The van der Waals surface area contributed by atoms with Gasteiger partial charge < -0.3 is 9.47 Å². The molecule has 2 rings (SSSR count). The minimum Gasteiger partial charge on any atom is -0.485 e. The minimum atomic E-state index is -0.325. The zero-order valence-corrected chi connectivity index (χ0v) is 10.2. The second kappa shape index (κ2) is 4.62. The van der Waals surface area contributed by atoms with Crippen molar-refractivity contribution in [3.8, 4) is 5.75 Å². The maximum absolute atomic E-state index is 11.8. The van der Waals surface area contributed by atoms with Crippen molar-refractivity contribution in [2.24, 2.45) is 0 Å². The van der Waals surface area contributed by atoms with Crippen molar-refractivity contribution in [2.75, 3.05) is 6.61 Å². The molecule has 0 amide bonds. The molecule has 0 saturated carbocycles. The fraction of sp³-hybridized carbons (Fsp3) is 0.357. The summed E-state index contributed by atoms with van der Waals surface area (Å²) in [5, 5.41) is 0. The predicted molar refractivity (Wildman–Crippen MR) is 65.5 cm³/mol. The van der Waals surface area contributed by atoms with Crippen LogP contribution in [0.15, 0.2) is 24.8 Å². The normalized spacial score (nSPS) is 17.2. The Morgan fingerprint density at radius 1 is 1.65 bits per heavy atom. The number of carbonyl (C=O) groups excluding carboxylic acids is 1. The lowest BCUT2D eigenvalue weighted by Crippen LogP contribution is -2.10. The van der Waals surface area contributed by atoms with E-state index in [9.17, 15) is 4.79 Å². The fourth-order valence-corrected chi connectivity index (χ4v) is 2.01. The summed E-state index contributed by atoms with van der Waals surface area (Å²) in [5.74, 6) is 0.335. The Kier molecular flexibility index (Phi) is 3.18. The van der Waals surface area contributed by atoms with Crippen LogP contribution >= 0.6 is 0 Å². The van der Waals surface area contributed by atoms with Gasteiger partial charge in [-0.1, -0.05) is 18.7 Å². The Balaban J connectivity index is 2.41. The van der Waals surface area contributed by atoms with E-state index in [4.69, 9.17) is 9.47 Å². The zero-order chi connectivity index (χ0) is 12.4. The third-order valence-electron chi connectivity index (χ3n) is 2.93. The lowest BCUT2D eigenvalue weighted by Gasteiger charge is -2.09. The number of benzene rings is 1. The molecule has 17 heavy (non-hydrogen) atoms. The molecule has 1 aliphatic rings. The van der Waals surface area contributed by atoms with Gasteiger partial charge in [-0.15, -0.1) is 0 Å². The summed E-state index contributed by atoms with van der Waals surface area (Å²) in [6.45, 7) is 7.90. The molecule has 3 heteroatoms. The van der Waals surface area contributed by atoms with Crippen molar-refractivity contribution in [3.63, 3.8) is 0 Å². The molecular weight excluding hydrogens is 216 g/mol. The highest BCUT2D eigenvalue weighted by Gasteiger charge is 2.27. The molecule has 0 bridgehead atoms. The maximum Gasteiger partial charge on any atom is 0.341 e. The molecule has 0 aromatic heterocycles. The van der Waals surface area contributed by atoms with Gasteiger partial charge in [0.25, 0.3) is 0 Å². The van der Waals surface area contributed by atoms with Crippen LogP contribution in [0, 0.1) is 6.92 Å². The van der Waals surface area contributed by atoms with E-state index in [1.54, 1.807) is 19.1 Å². The molecule has 1 aliphatic heterocycles. The number of ether oxygens (including phenoxy) is 2. The van der Waals surface area contributed by atoms with Gasteiger partial charge in [0.2, 0.25) is 0 Å². The smallest absolute Gasteiger partial charge is 0.341 e. The van der Waals surface area contributed by atoms with Gasteiger partial charge in [-0.2, -0.15) is 0 Å². The first-order chi connectivity index (χ1) is 8.17. The third-order valence-corrected chi connectivity index (χ3v) is 2.93. The van der Waals surface area contributed by atoms with E-state index in [1.807, 2.05) is 13.0 Å². The van der Waals surface area contributed by atoms with Crippen molar-refractivity contribution in [3.05, 3.63) is 41.5 Å². The van der Waals surface area contributed by atoms with E-state index in [-0.39, 0.29) is 12.1 Å². The van der Waals surface area contributed by atoms with E-state index in [0.29, 0.717) is 17.9 Å². The third kappa shape index (κ3) is 2.05.